The third kappa shape index (κ3) is 9.59. The first kappa shape index (κ1) is 34.3. The summed E-state index contributed by atoms with van der Waals surface area (Å²) in [6.45, 7) is 0. The number of benzene rings is 6. The minimum absolute atomic E-state index is 0. The standard InChI is InChI=1S/2C18H15P.BrH.Mn.H3N/c2*1-4-10-16(11-5-1)19(17-12-6-2-7-13-17)18-14-8-3-9-15-18;;;/h2*1-15H;1H;;1H3. The van der Waals surface area contributed by atoms with Gasteiger partial charge in [-0.1, -0.05) is 182 Å². The van der Waals surface area contributed by atoms with Gasteiger partial charge >= 0.3 is 0 Å². The van der Waals surface area contributed by atoms with Gasteiger partial charge in [0.2, 0.25) is 0 Å². The van der Waals surface area contributed by atoms with Crippen molar-refractivity contribution in [3.8, 4) is 0 Å². The van der Waals surface area contributed by atoms with Crippen LogP contribution in [0.5, 0.6) is 0 Å². The molecule has 0 bridgehead atoms. The average Bonchev–Trinajstić information content (AvgIpc) is 3.01. The summed E-state index contributed by atoms with van der Waals surface area (Å²) in [4.78, 5) is 0. The fourth-order valence-corrected chi connectivity index (χ4v) is 8.97. The van der Waals surface area contributed by atoms with Gasteiger partial charge in [-0.25, -0.2) is 0 Å². The maximum atomic E-state index is 2.23. The first-order valence-electron chi connectivity index (χ1n) is 12.8. The second-order valence-corrected chi connectivity index (χ2v) is 13.1. The molecule has 0 amide bonds. The van der Waals surface area contributed by atoms with Gasteiger partial charge in [0.15, 0.2) is 0 Å². The average molecular weight is 677 g/mol. The topological polar surface area (TPSA) is 36.5 Å². The Kier molecular flexibility index (Phi) is 15.5. The Morgan fingerprint density at radius 1 is 0.244 bits per heavy atom. The molecule has 41 heavy (non-hydrogen) atoms. The second kappa shape index (κ2) is 18.5. The van der Waals surface area contributed by atoms with Crippen molar-refractivity contribution in [1.29, 1.82) is 0 Å². The molecule has 0 aliphatic carbocycles. The predicted octanol–water partition coefficient (Wildman–Crippen LogP) is 4.27. The summed E-state index contributed by atoms with van der Waals surface area (Å²) in [6.07, 6.45) is 0. The number of quaternary nitrogens is 1. The summed E-state index contributed by atoms with van der Waals surface area (Å²) in [6, 6.07) is 64.7. The molecular weight excluding hydrogens is 643 g/mol. The van der Waals surface area contributed by atoms with Gasteiger partial charge in [-0.15, -0.1) is 0 Å². The number of rotatable bonds is 6. The van der Waals surface area contributed by atoms with Crippen LogP contribution in [0.2, 0.25) is 0 Å². The summed E-state index contributed by atoms with van der Waals surface area (Å²) >= 11 is 0. The van der Waals surface area contributed by atoms with Crippen LogP contribution in [0.15, 0.2) is 182 Å². The normalized spacial score (nSPS) is 9.80. The zero-order valence-corrected chi connectivity index (χ0v) is 27.5. The number of hydrogen-bond acceptors (Lipinski definition) is 0. The Hall–Kier alpha value is -2.86. The van der Waals surface area contributed by atoms with E-state index in [1.165, 1.54) is 31.8 Å². The van der Waals surface area contributed by atoms with Crippen molar-refractivity contribution >= 4 is 47.7 Å². The van der Waals surface area contributed by atoms with Gasteiger partial charge in [0.25, 0.3) is 0 Å². The zero-order chi connectivity index (χ0) is 25.8. The van der Waals surface area contributed by atoms with E-state index in [0.717, 1.165) is 0 Å². The largest absolute Gasteiger partial charge is 1.00 e. The van der Waals surface area contributed by atoms with Crippen LogP contribution in [0.4, 0.5) is 0 Å². The Bertz CT molecular complexity index is 1190. The van der Waals surface area contributed by atoms with E-state index in [-0.39, 0.29) is 40.2 Å². The Balaban J connectivity index is 0.000000267. The Morgan fingerprint density at radius 2 is 0.366 bits per heavy atom. The molecule has 0 heterocycles. The second-order valence-electron chi connectivity index (χ2n) is 8.68. The molecule has 0 aliphatic heterocycles. The monoisotopic (exact) mass is 676 g/mol. The molecule has 0 spiro atoms. The fraction of sp³-hybridized carbons (Fsp3) is 0. The molecule has 6 aromatic carbocycles. The summed E-state index contributed by atoms with van der Waals surface area (Å²) in [5.41, 5.74) is 0. The van der Waals surface area contributed by atoms with Crippen LogP contribution in [0.1, 0.15) is 0 Å². The van der Waals surface area contributed by atoms with Gasteiger partial charge in [-0.05, 0) is 47.7 Å². The first-order valence-corrected chi connectivity index (χ1v) is 15.5. The third-order valence-electron chi connectivity index (χ3n) is 6.09. The number of halogens is 1. The maximum absolute atomic E-state index is 2.23. The third-order valence-corrected chi connectivity index (χ3v) is 11.0. The van der Waals surface area contributed by atoms with E-state index in [2.05, 4.69) is 182 Å². The summed E-state index contributed by atoms with van der Waals surface area (Å²) < 4.78 is 0. The van der Waals surface area contributed by atoms with Crippen LogP contribution < -0.4 is 55.0 Å². The van der Waals surface area contributed by atoms with Gasteiger partial charge < -0.3 is 23.1 Å². The molecule has 6 aromatic rings. The van der Waals surface area contributed by atoms with Crippen LogP contribution in [0.3, 0.4) is 0 Å². The molecule has 1 radical (unpaired) electrons. The molecule has 1 nitrogen and oxygen atoms in total. The molecule has 0 aromatic heterocycles. The molecular formula is C36H34BrMnNP2. The molecule has 4 N–H and O–H groups in total. The van der Waals surface area contributed by atoms with Crippen molar-refractivity contribution in [1.82, 2.24) is 6.15 Å². The van der Waals surface area contributed by atoms with Crippen molar-refractivity contribution < 1.29 is 34.1 Å². The van der Waals surface area contributed by atoms with E-state index < -0.39 is 15.8 Å². The molecule has 0 unspecified atom stereocenters. The molecule has 5 heteroatoms. The smallest absolute Gasteiger partial charge is 0 e. The maximum Gasteiger partial charge on any atom is 0 e. The molecule has 0 saturated heterocycles. The summed E-state index contributed by atoms with van der Waals surface area (Å²) in [5.74, 6) is 0. The van der Waals surface area contributed by atoms with Crippen LogP contribution >= 0.6 is 15.8 Å². The molecule has 0 saturated carbocycles. The van der Waals surface area contributed by atoms with Crippen LogP contribution in [0, 0.1) is 0 Å². The number of hydrogen-bond donors (Lipinski definition) is 1. The minimum Gasteiger partial charge on any atom is -1.00 e. The fourth-order valence-electron chi connectivity index (χ4n) is 4.36. The Morgan fingerprint density at radius 3 is 0.488 bits per heavy atom. The molecule has 0 aliphatic rings. The van der Waals surface area contributed by atoms with Crippen molar-refractivity contribution in [2.75, 3.05) is 0 Å². The molecule has 0 fully saturated rings. The van der Waals surface area contributed by atoms with Gasteiger partial charge in [-0.3, -0.25) is 0 Å². The van der Waals surface area contributed by atoms with Crippen LogP contribution in [0.25, 0.3) is 0 Å². The molecule has 0 atom stereocenters. The SMILES string of the molecule is [Br-].[Mn].[NH4+].c1ccc(P(c2ccccc2)c2ccccc2)cc1.c1ccc(P(c2ccccc2)c2ccccc2)cc1. The van der Waals surface area contributed by atoms with Gasteiger partial charge in [0.05, 0.1) is 0 Å². The van der Waals surface area contributed by atoms with Gasteiger partial charge in [0.1, 0.15) is 0 Å². The van der Waals surface area contributed by atoms with Gasteiger partial charge in [0, 0.05) is 17.1 Å². The van der Waals surface area contributed by atoms with Crippen LogP contribution in [-0.2, 0) is 17.1 Å². The van der Waals surface area contributed by atoms with E-state index >= 15 is 0 Å². The van der Waals surface area contributed by atoms with Crippen molar-refractivity contribution in [2.24, 2.45) is 0 Å². The van der Waals surface area contributed by atoms with Crippen molar-refractivity contribution in [2.45, 2.75) is 0 Å². The van der Waals surface area contributed by atoms with Crippen LogP contribution in [-0.4, -0.2) is 0 Å². The summed E-state index contributed by atoms with van der Waals surface area (Å²) in [5, 5.41) is 8.39. The van der Waals surface area contributed by atoms with E-state index in [0.29, 0.717) is 0 Å². The van der Waals surface area contributed by atoms with E-state index in [1.54, 1.807) is 0 Å². The molecule has 6 rings (SSSR count). The van der Waals surface area contributed by atoms with Crippen molar-refractivity contribution in [3.63, 3.8) is 0 Å². The zero-order valence-electron chi connectivity index (χ0n) is 23.0. The van der Waals surface area contributed by atoms with Crippen molar-refractivity contribution in [3.05, 3.63) is 182 Å². The van der Waals surface area contributed by atoms with E-state index in [9.17, 15) is 0 Å². The van der Waals surface area contributed by atoms with E-state index in [4.69, 9.17) is 0 Å². The summed E-state index contributed by atoms with van der Waals surface area (Å²) in [7, 11) is -0.892. The van der Waals surface area contributed by atoms with E-state index in [1.807, 2.05) is 0 Å². The van der Waals surface area contributed by atoms with Gasteiger partial charge in [-0.2, -0.15) is 0 Å². The Labute approximate surface area is 268 Å². The minimum atomic E-state index is -0.446. The molecule has 207 valence electrons. The quantitative estimate of drug-likeness (QED) is 0.202. The predicted molar refractivity (Wildman–Crippen MR) is 176 cm³/mol. The first-order chi connectivity index (χ1) is 18.9.